The predicted octanol–water partition coefficient (Wildman–Crippen LogP) is 3.24. The molecule has 0 radical (unpaired) electrons. The number of nitrogens with one attached hydrogen (secondary N) is 1. The third-order valence-corrected chi connectivity index (χ3v) is 7.05. The van der Waals surface area contributed by atoms with E-state index in [0.717, 1.165) is 16.9 Å². The van der Waals surface area contributed by atoms with E-state index in [1.165, 1.54) is 0 Å². The average molecular weight is 479 g/mol. The second-order valence-electron chi connectivity index (χ2n) is 8.92. The quantitative estimate of drug-likeness (QED) is 0.374. The fourth-order valence-electron chi connectivity index (χ4n) is 5.35. The van der Waals surface area contributed by atoms with Crippen LogP contribution in [0.1, 0.15) is 12.0 Å². The van der Waals surface area contributed by atoms with E-state index in [9.17, 15) is 19.2 Å². The highest BCUT2D eigenvalue weighted by atomic mass is 35.5. The first kappa shape index (κ1) is 22.3. The summed E-state index contributed by atoms with van der Waals surface area (Å²) >= 11 is 5.93. The molecule has 1 aliphatic heterocycles. The van der Waals surface area contributed by atoms with E-state index in [2.05, 4.69) is 5.32 Å². The highest BCUT2D eigenvalue weighted by Gasteiger charge is 2.61. The fraction of sp³-hybridized carbons (Fsp3) is 0.308. The maximum absolute atomic E-state index is 13.3. The van der Waals surface area contributed by atoms with E-state index < -0.39 is 36.4 Å². The van der Waals surface area contributed by atoms with Crippen LogP contribution in [0, 0.1) is 23.7 Å². The standard InChI is InChI=1S/C26H23ClN2O5/c27-18-7-4-8-19(13-18)28-21(30)14-34-26(33)20(11-15-5-2-1-3-6-15)29-24(31)22-16-9-10-17(12-16)23(22)25(29)32/h1-10,13,16-17,20,22-23H,11-12,14H2,(H,28,30)/t16-,17-,20-,22-,23-/m0/s1. The molecule has 3 amide bonds. The van der Waals surface area contributed by atoms with Crippen molar-refractivity contribution in [1.82, 2.24) is 4.90 Å². The number of carbonyl (C=O) groups excluding carboxylic acids is 4. The Hall–Kier alpha value is -3.45. The number of nitrogens with zero attached hydrogens (tertiary/aromatic N) is 1. The Kier molecular flexibility index (Phi) is 5.96. The van der Waals surface area contributed by atoms with Gasteiger partial charge in [0, 0.05) is 17.1 Å². The minimum absolute atomic E-state index is 0.0355. The largest absolute Gasteiger partial charge is 0.454 e. The van der Waals surface area contributed by atoms with Crippen molar-refractivity contribution in [2.24, 2.45) is 23.7 Å². The Labute approximate surface area is 201 Å². The number of carbonyl (C=O) groups is 4. The Morgan fingerprint density at radius 1 is 1.00 bits per heavy atom. The summed E-state index contributed by atoms with van der Waals surface area (Å²) in [4.78, 5) is 53.2. The second-order valence-corrected chi connectivity index (χ2v) is 9.35. The van der Waals surface area contributed by atoms with Crippen LogP contribution in [-0.4, -0.2) is 41.2 Å². The lowest BCUT2D eigenvalue weighted by Crippen LogP contribution is -2.48. The van der Waals surface area contributed by atoms with Gasteiger partial charge >= 0.3 is 5.97 Å². The molecule has 1 saturated carbocycles. The van der Waals surface area contributed by atoms with E-state index in [4.69, 9.17) is 16.3 Å². The molecular weight excluding hydrogens is 456 g/mol. The van der Waals surface area contributed by atoms with Crippen LogP contribution in [0.15, 0.2) is 66.7 Å². The lowest BCUT2D eigenvalue weighted by Gasteiger charge is -2.26. The first-order chi connectivity index (χ1) is 16.4. The maximum atomic E-state index is 13.3. The minimum Gasteiger partial charge on any atom is -0.454 e. The van der Waals surface area contributed by atoms with E-state index in [-0.39, 0.29) is 30.1 Å². The Morgan fingerprint density at radius 3 is 2.32 bits per heavy atom. The van der Waals surface area contributed by atoms with Crippen LogP contribution in [-0.2, 0) is 30.3 Å². The normalized spacial score (nSPS) is 25.4. The van der Waals surface area contributed by atoms with Crippen molar-refractivity contribution >= 4 is 41.0 Å². The summed E-state index contributed by atoms with van der Waals surface area (Å²) < 4.78 is 5.30. The first-order valence-corrected chi connectivity index (χ1v) is 11.6. The zero-order valence-corrected chi connectivity index (χ0v) is 19.0. The molecule has 2 fully saturated rings. The lowest BCUT2D eigenvalue weighted by atomic mass is 9.85. The number of amides is 3. The van der Waals surface area contributed by atoms with Crippen molar-refractivity contribution in [3.63, 3.8) is 0 Å². The molecule has 174 valence electrons. The highest BCUT2D eigenvalue weighted by Crippen LogP contribution is 2.53. The Balaban J connectivity index is 1.32. The van der Waals surface area contributed by atoms with Crippen LogP contribution in [0.3, 0.4) is 0 Å². The summed E-state index contributed by atoms with van der Waals surface area (Å²) in [5, 5.41) is 3.07. The van der Waals surface area contributed by atoms with Gasteiger partial charge in [-0.25, -0.2) is 4.79 Å². The molecule has 34 heavy (non-hydrogen) atoms. The maximum Gasteiger partial charge on any atom is 0.330 e. The summed E-state index contributed by atoms with van der Waals surface area (Å²) in [5.41, 5.74) is 1.25. The molecule has 7 nitrogen and oxygen atoms in total. The third kappa shape index (κ3) is 4.12. The number of imide groups is 1. The minimum atomic E-state index is -1.13. The molecule has 2 aliphatic carbocycles. The third-order valence-electron chi connectivity index (χ3n) is 6.81. The molecule has 2 aromatic rings. The first-order valence-electron chi connectivity index (χ1n) is 11.2. The van der Waals surface area contributed by atoms with Crippen molar-refractivity contribution in [3.05, 3.63) is 77.3 Å². The zero-order chi connectivity index (χ0) is 23.8. The van der Waals surface area contributed by atoms with Crippen LogP contribution in [0.5, 0.6) is 0 Å². The van der Waals surface area contributed by atoms with Crippen molar-refractivity contribution in [1.29, 1.82) is 0 Å². The van der Waals surface area contributed by atoms with Crippen molar-refractivity contribution < 1.29 is 23.9 Å². The van der Waals surface area contributed by atoms with Gasteiger partial charge < -0.3 is 10.1 Å². The van der Waals surface area contributed by atoms with Gasteiger partial charge in [0.25, 0.3) is 5.91 Å². The molecule has 1 saturated heterocycles. The van der Waals surface area contributed by atoms with Crippen molar-refractivity contribution in [2.75, 3.05) is 11.9 Å². The number of likely N-dealkylation sites (tertiary alicyclic amines) is 1. The SMILES string of the molecule is O=C(COC(=O)[C@H](Cc1ccccc1)N1C(=O)[C@@H]2[C@@H](C1=O)[C@H]1C=C[C@H]2C1)Nc1cccc(Cl)c1. The van der Waals surface area contributed by atoms with E-state index in [1.54, 1.807) is 24.3 Å². The van der Waals surface area contributed by atoms with Gasteiger partial charge in [-0.05, 0) is 42.0 Å². The molecule has 5 rings (SSSR count). The van der Waals surface area contributed by atoms with Gasteiger partial charge in [-0.2, -0.15) is 0 Å². The number of hydrogen-bond donors (Lipinski definition) is 1. The molecule has 2 aromatic carbocycles. The van der Waals surface area contributed by atoms with Crippen LogP contribution >= 0.6 is 11.6 Å². The molecule has 2 bridgehead atoms. The van der Waals surface area contributed by atoms with Crippen LogP contribution in [0.2, 0.25) is 5.02 Å². The summed E-state index contributed by atoms with van der Waals surface area (Å²) in [6.07, 6.45) is 4.93. The molecule has 3 aliphatic rings. The number of allylic oxidation sites excluding steroid dienone is 2. The fourth-order valence-corrected chi connectivity index (χ4v) is 5.54. The summed E-state index contributed by atoms with van der Waals surface area (Å²) in [6.45, 7) is -0.549. The number of hydrogen-bond acceptors (Lipinski definition) is 5. The highest BCUT2D eigenvalue weighted by molar-refractivity contribution is 6.30. The lowest BCUT2D eigenvalue weighted by molar-refractivity contribution is -0.160. The average Bonchev–Trinajstić information content (AvgIpc) is 3.51. The van der Waals surface area contributed by atoms with Crippen LogP contribution < -0.4 is 5.32 Å². The molecule has 1 heterocycles. The summed E-state index contributed by atoms with van der Waals surface area (Å²) in [6, 6.07) is 14.6. The van der Waals surface area contributed by atoms with Gasteiger partial charge in [-0.1, -0.05) is 60.2 Å². The number of anilines is 1. The molecular formula is C26H23ClN2O5. The van der Waals surface area contributed by atoms with Gasteiger partial charge in [-0.15, -0.1) is 0 Å². The molecule has 5 atom stereocenters. The van der Waals surface area contributed by atoms with Gasteiger partial charge in [0.1, 0.15) is 6.04 Å². The molecule has 8 heteroatoms. The van der Waals surface area contributed by atoms with Gasteiger partial charge in [0.15, 0.2) is 6.61 Å². The second kappa shape index (κ2) is 9.06. The predicted molar refractivity (Wildman–Crippen MR) is 125 cm³/mol. The van der Waals surface area contributed by atoms with Gasteiger partial charge in [0.05, 0.1) is 11.8 Å². The van der Waals surface area contributed by atoms with Crippen LogP contribution in [0.4, 0.5) is 5.69 Å². The number of ether oxygens (including phenoxy) is 1. The number of rotatable bonds is 7. The Morgan fingerprint density at radius 2 is 1.68 bits per heavy atom. The molecule has 0 aromatic heterocycles. The number of halogens is 1. The van der Waals surface area contributed by atoms with E-state index in [1.807, 2.05) is 42.5 Å². The van der Waals surface area contributed by atoms with Crippen molar-refractivity contribution in [2.45, 2.75) is 18.9 Å². The summed E-state index contributed by atoms with van der Waals surface area (Å²) in [7, 11) is 0. The number of benzene rings is 2. The van der Waals surface area contributed by atoms with Gasteiger partial charge in [-0.3, -0.25) is 19.3 Å². The van der Waals surface area contributed by atoms with E-state index >= 15 is 0 Å². The van der Waals surface area contributed by atoms with Gasteiger partial charge in [0.2, 0.25) is 11.8 Å². The monoisotopic (exact) mass is 478 g/mol. The molecule has 1 N–H and O–H groups in total. The number of esters is 1. The smallest absolute Gasteiger partial charge is 0.330 e. The topological polar surface area (TPSA) is 92.8 Å². The van der Waals surface area contributed by atoms with E-state index in [0.29, 0.717) is 10.7 Å². The van der Waals surface area contributed by atoms with Crippen molar-refractivity contribution in [3.8, 4) is 0 Å². The molecule has 0 spiro atoms. The number of fused-ring (bicyclic) bond motifs is 5. The van der Waals surface area contributed by atoms with Crippen LogP contribution in [0.25, 0.3) is 0 Å². The summed E-state index contributed by atoms with van der Waals surface area (Å²) in [5.74, 6) is -2.75. The molecule has 0 unspecified atom stereocenters. The zero-order valence-electron chi connectivity index (χ0n) is 18.2. The Bertz CT molecular complexity index is 1150.